The highest BCUT2D eigenvalue weighted by Crippen LogP contribution is 2.38. The highest BCUT2D eigenvalue weighted by molar-refractivity contribution is 9.10. The minimum absolute atomic E-state index is 0.000437. The molecule has 1 aliphatic heterocycles. The summed E-state index contributed by atoms with van der Waals surface area (Å²) in [5.74, 6) is 0.819. The van der Waals surface area contributed by atoms with Crippen LogP contribution in [0, 0.1) is 0 Å². The van der Waals surface area contributed by atoms with Gasteiger partial charge in [0, 0.05) is 16.6 Å². The van der Waals surface area contributed by atoms with E-state index in [-0.39, 0.29) is 18.5 Å². The molecule has 1 aromatic carbocycles. The number of carbonyl (C=O) groups is 1. The number of rotatable bonds is 3. The Morgan fingerprint density at radius 3 is 3.06 bits per heavy atom. The van der Waals surface area contributed by atoms with E-state index in [1.54, 1.807) is 7.11 Å². The molecule has 1 amide bonds. The van der Waals surface area contributed by atoms with Crippen LogP contribution in [-0.4, -0.2) is 31.0 Å². The Morgan fingerprint density at radius 2 is 2.39 bits per heavy atom. The van der Waals surface area contributed by atoms with Gasteiger partial charge in [0.2, 0.25) is 5.91 Å². The van der Waals surface area contributed by atoms with E-state index < -0.39 is 0 Å². The van der Waals surface area contributed by atoms with Gasteiger partial charge in [0.25, 0.3) is 0 Å². The number of benzene rings is 1. The Kier molecular flexibility index (Phi) is 4.24. The van der Waals surface area contributed by atoms with Crippen molar-refractivity contribution in [2.24, 2.45) is 5.73 Å². The van der Waals surface area contributed by atoms with Crippen molar-refractivity contribution in [1.82, 2.24) is 4.90 Å². The molecule has 1 heterocycles. The zero-order valence-corrected chi connectivity index (χ0v) is 11.9. The van der Waals surface area contributed by atoms with Gasteiger partial charge in [-0.15, -0.1) is 0 Å². The number of carbonyl (C=O) groups excluding carboxylic acids is 1. The molecule has 1 aromatic rings. The van der Waals surface area contributed by atoms with E-state index in [0.717, 1.165) is 35.2 Å². The van der Waals surface area contributed by atoms with Crippen LogP contribution < -0.4 is 10.5 Å². The molecule has 18 heavy (non-hydrogen) atoms. The quantitative estimate of drug-likeness (QED) is 0.929. The highest BCUT2D eigenvalue weighted by atomic mass is 79.9. The molecule has 0 aliphatic carbocycles. The van der Waals surface area contributed by atoms with Crippen molar-refractivity contribution in [2.45, 2.75) is 18.9 Å². The van der Waals surface area contributed by atoms with Gasteiger partial charge < -0.3 is 15.4 Å². The largest absolute Gasteiger partial charge is 0.496 e. The van der Waals surface area contributed by atoms with E-state index >= 15 is 0 Å². The minimum Gasteiger partial charge on any atom is -0.496 e. The predicted molar refractivity (Wildman–Crippen MR) is 73.4 cm³/mol. The first-order valence-corrected chi connectivity index (χ1v) is 6.79. The lowest BCUT2D eigenvalue weighted by atomic mass is 10.0. The molecule has 0 bridgehead atoms. The standard InChI is InChI=1S/C13H17BrN2O2/c1-18-12-5-4-9(14)7-10(12)11-3-2-6-16(11)13(17)8-15/h4-5,7,11H,2-3,6,8,15H2,1H3. The average Bonchev–Trinajstić information content (AvgIpc) is 2.86. The second-order valence-corrected chi connectivity index (χ2v) is 5.25. The van der Waals surface area contributed by atoms with Crippen LogP contribution in [0.3, 0.4) is 0 Å². The molecule has 1 aliphatic rings. The number of nitrogens with two attached hydrogens (primary N) is 1. The number of hydrogen-bond acceptors (Lipinski definition) is 3. The van der Waals surface area contributed by atoms with Gasteiger partial charge in [-0.25, -0.2) is 0 Å². The number of halogens is 1. The molecule has 2 N–H and O–H groups in total. The van der Waals surface area contributed by atoms with Crippen LogP contribution in [0.2, 0.25) is 0 Å². The summed E-state index contributed by atoms with van der Waals surface area (Å²) in [6.45, 7) is 0.836. The Labute approximate surface area is 115 Å². The maximum absolute atomic E-state index is 11.8. The molecule has 0 spiro atoms. The van der Waals surface area contributed by atoms with E-state index in [0.29, 0.717) is 0 Å². The third-order valence-electron chi connectivity index (χ3n) is 3.30. The fraction of sp³-hybridized carbons (Fsp3) is 0.462. The summed E-state index contributed by atoms with van der Waals surface area (Å²) in [5.41, 5.74) is 6.51. The Morgan fingerprint density at radius 1 is 1.61 bits per heavy atom. The lowest BCUT2D eigenvalue weighted by molar-refractivity contribution is -0.130. The second kappa shape index (κ2) is 5.71. The van der Waals surface area contributed by atoms with Crippen LogP contribution in [0.15, 0.2) is 22.7 Å². The van der Waals surface area contributed by atoms with Crippen LogP contribution in [0.4, 0.5) is 0 Å². The van der Waals surface area contributed by atoms with Crippen LogP contribution in [0.25, 0.3) is 0 Å². The number of amides is 1. The minimum atomic E-state index is -0.000437. The molecule has 0 aromatic heterocycles. The zero-order valence-electron chi connectivity index (χ0n) is 10.4. The summed E-state index contributed by atoms with van der Waals surface area (Å²) in [4.78, 5) is 13.7. The molecular weight excluding hydrogens is 296 g/mol. The molecule has 0 saturated carbocycles. The van der Waals surface area contributed by atoms with Gasteiger partial charge >= 0.3 is 0 Å². The van der Waals surface area contributed by atoms with Crippen molar-refractivity contribution in [3.05, 3.63) is 28.2 Å². The van der Waals surface area contributed by atoms with Crippen LogP contribution in [0.1, 0.15) is 24.4 Å². The van der Waals surface area contributed by atoms with E-state index in [4.69, 9.17) is 10.5 Å². The smallest absolute Gasteiger partial charge is 0.236 e. The lowest BCUT2D eigenvalue weighted by Crippen LogP contribution is -2.35. The number of ether oxygens (including phenoxy) is 1. The molecule has 5 heteroatoms. The summed E-state index contributed by atoms with van der Waals surface area (Å²) in [6.07, 6.45) is 1.96. The SMILES string of the molecule is COc1ccc(Br)cc1C1CCCN1C(=O)CN. The van der Waals surface area contributed by atoms with Gasteiger partial charge in [0.15, 0.2) is 0 Å². The Bertz CT molecular complexity index is 451. The molecule has 1 saturated heterocycles. The molecule has 1 unspecified atom stereocenters. The number of hydrogen-bond donors (Lipinski definition) is 1. The summed E-state index contributed by atoms with van der Waals surface area (Å²) >= 11 is 3.46. The topological polar surface area (TPSA) is 55.6 Å². The average molecular weight is 313 g/mol. The number of nitrogens with zero attached hydrogens (tertiary/aromatic N) is 1. The number of methoxy groups -OCH3 is 1. The van der Waals surface area contributed by atoms with Crippen LogP contribution >= 0.6 is 15.9 Å². The Balaban J connectivity index is 2.35. The predicted octanol–water partition coefficient (Wildman–Crippen LogP) is 2.08. The van der Waals surface area contributed by atoms with Gasteiger partial charge in [0.1, 0.15) is 5.75 Å². The zero-order chi connectivity index (χ0) is 13.1. The van der Waals surface area contributed by atoms with E-state index in [1.165, 1.54) is 0 Å². The normalized spacial score (nSPS) is 19.1. The first-order valence-electron chi connectivity index (χ1n) is 6.00. The monoisotopic (exact) mass is 312 g/mol. The van der Waals surface area contributed by atoms with Crippen LogP contribution in [-0.2, 0) is 4.79 Å². The van der Waals surface area contributed by atoms with Gasteiger partial charge in [0.05, 0.1) is 19.7 Å². The van der Waals surface area contributed by atoms with Crippen molar-refractivity contribution in [3.8, 4) is 5.75 Å². The third-order valence-corrected chi connectivity index (χ3v) is 3.79. The summed E-state index contributed by atoms with van der Waals surface area (Å²) in [7, 11) is 1.65. The first-order chi connectivity index (χ1) is 8.67. The fourth-order valence-corrected chi connectivity index (χ4v) is 2.85. The lowest BCUT2D eigenvalue weighted by Gasteiger charge is -2.26. The van der Waals surface area contributed by atoms with Crippen molar-refractivity contribution in [3.63, 3.8) is 0 Å². The van der Waals surface area contributed by atoms with Gasteiger partial charge in [-0.05, 0) is 31.0 Å². The van der Waals surface area contributed by atoms with E-state index in [2.05, 4.69) is 15.9 Å². The highest BCUT2D eigenvalue weighted by Gasteiger charge is 2.31. The summed E-state index contributed by atoms with van der Waals surface area (Å²) in [6, 6.07) is 5.95. The number of likely N-dealkylation sites (tertiary alicyclic amines) is 1. The molecule has 2 rings (SSSR count). The van der Waals surface area contributed by atoms with Crippen molar-refractivity contribution in [2.75, 3.05) is 20.2 Å². The molecule has 98 valence electrons. The van der Waals surface area contributed by atoms with E-state index in [1.807, 2.05) is 23.1 Å². The molecular formula is C13H17BrN2O2. The van der Waals surface area contributed by atoms with Crippen molar-refractivity contribution in [1.29, 1.82) is 0 Å². The second-order valence-electron chi connectivity index (χ2n) is 4.34. The van der Waals surface area contributed by atoms with Crippen molar-refractivity contribution < 1.29 is 9.53 Å². The van der Waals surface area contributed by atoms with Gasteiger partial charge in [-0.2, -0.15) is 0 Å². The maximum atomic E-state index is 11.8. The molecule has 0 radical (unpaired) electrons. The van der Waals surface area contributed by atoms with Crippen LogP contribution in [0.5, 0.6) is 5.75 Å². The third kappa shape index (κ3) is 2.52. The molecule has 1 fully saturated rings. The molecule has 4 nitrogen and oxygen atoms in total. The fourth-order valence-electron chi connectivity index (χ4n) is 2.47. The van der Waals surface area contributed by atoms with E-state index in [9.17, 15) is 4.79 Å². The summed E-state index contributed by atoms with van der Waals surface area (Å²) in [5, 5.41) is 0. The first kappa shape index (κ1) is 13.4. The van der Waals surface area contributed by atoms with Gasteiger partial charge in [-0.3, -0.25) is 4.79 Å². The summed E-state index contributed by atoms with van der Waals surface area (Å²) < 4.78 is 6.38. The maximum Gasteiger partial charge on any atom is 0.236 e. The van der Waals surface area contributed by atoms with Crippen molar-refractivity contribution >= 4 is 21.8 Å². The Hall–Kier alpha value is -1.07. The molecule has 1 atom stereocenters. The van der Waals surface area contributed by atoms with Gasteiger partial charge in [-0.1, -0.05) is 15.9 Å².